The summed E-state index contributed by atoms with van der Waals surface area (Å²) < 4.78 is 15.1. The Bertz CT molecular complexity index is 1060. The molecule has 0 radical (unpaired) electrons. The minimum atomic E-state index is -0.516. The van der Waals surface area contributed by atoms with Gasteiger partial charge in [0.15, 0.2) is 0 Å². The fourth-order valence-corrected chi connectivity index (χ4v) is 4.52. The lowest BCUT2D eigenvalue weighted by Crippen LogP contribution is -2.27. The van der Waals surface area contributed by atoms with Gasteiger partial charge in [-0.1, -0.05) is 30.7 Å². The van der Waals surface area contributed by atoms with Crippen molar-refractivity contribution in [2.24, 2.45) is 5.41 Å². The van der Waals surface area contributed by atoms with Gasteiger partial charge in [-0.05, 0) is 91.6 Å². The Morgan fingerprint density at radius 1 is 1.10 bits per heavy atom. The Labute approximate surface area is 171 Å². The van der Waals surface area contributed by atoms with Crippen LogP contribution in [-0.2, 0) is 6.42 Å². The monoisotopic (exact) mass is 390 g/mol. The third-order valence-corrected chi connectivity index (χ3v) is 6.36. The molecule has 29 heavy (non-hydrogen) atoms. The van der Waals surface area contributed by atoms with Crippen LogP contribution in [0.5, 0.6) is 0 Å². The summed E-state index contributed by atoms with van der Waals surface area (Å²) in [6.07, 6.45) is 5.01. The molecule has 0 amide bonds. The number of allylic oxidation sites excluding steroid dienone is 1. The lowest BCUT2D eigenvalue weighted by atomic mass is 9.69. The zero-order valence-electron chi connectivity index (χ0n) is 17.4. The molecular formula is C25H27FN2O. The van der Waals surface area contributed by atoms with E-state index in [4.69, 9.17) is 0 Å². The fraction of sp³-hybridized carbons (Fsp3) is 0.320. The summed E-state index contributed by atoms with van der Waals surface area (Å²) in [5.74, 6) is -0.255. The van der Waals surface area contributed by atoms with Crippen molar-refractivity contribution in [1.29, 1.82) is 0 Å². The van der Waals surface area contributed by atoms with Crippen molar-refractivity contribution in [3.8, 4) is 5.69 Å². The Morgan fingerprint density at radius 2 is 1.76 bits per heavy atom. The van der Waals surface area contributed by atoms with Crippen LogP contribution in [-0.4, -0.2) is 14.9 Å². The summed E-state index contributed by atoms with van der Waals surface area (Å²) in [7, 11) is 0. The normalized spacial score (nSPS) is 19.6. The van der Waals surface area contributed by atoms with Gasteiger partial charge >= 0.3 is 0 Å². The fourth-order valence-electron chi connectivity index (χ4n) is 4.52. The van der Waals surface area contributed by atoms with E-state index < -0.39 is 6.10 Å². The highest BCUT2D eigenvalue weighted by Crippen LogP contribution is 2.45. The molecule has 2 atom stereocenters. The SMILES string of the molecule is CC1=Cc2c(cnn2-c2ccc(F)cc2)C[C@@]1(C)CC(O)c1c(C)cccc1C. The van der Waals surface area contributed by atoms with Crippen molar-refractivity contribution in [2.75, 3.05) is 0 Å². The minimum absolute atomic E-state index is 0.155. The van der Waals surface area contributed by atoms with Gasteiger partial charge in [0.05, 0.1) is 23.7 Å². The summed E-state index contributed by atoms with van der Waals surface area (Å²) in [6, 6.07) is 12.5. The molecule has 0 saturated carbocycles. The van der Waals surface area contributed by atoms with Crippen molar-refractivity contribution in [3.05, 3.63) is 88.0 Å². The highest BCUT2D eigenvalue weighted by molar-refractivity contribution is 5.60. The molecule has 4 rings (SSSR count). The molecule has 0 aliphatic heterocycles. The first-order valence-electron chi connectivity index (χ1n) is 10.0. The first kappa shape index (κ1) is 19.6. The van der Waals surface area contributed by atoms with Gasteiger partial charge in [0.2, 0.25) is 0 Å². The van der Waals surface area contributed by atoms with Gasteiger partial charge < -0.3 is 5.11 Å². The molecule has 1 aliphatic carbocycles. The largest absolute Gasteiger partial charge is 0.388 e. The first-order chi connectivity index (χ1) is 13.8. The molecule has 3 aromatic rings. The van der Waals surface area contributed by atoms with Crippen LogP contribution >= 0.6 is 0 Å². The maximum atomic E-state index is 13.3. The molecule has 1 aliphatic rings. The number of aliphatic hydroxyl groups excluding tert-OH is 1. The highest BCUT2D eigenvalue weighted by Gasteiger charge is 2.35. The second-order valence-corrected chi connectivity index (χ2v) is 8.53. The molecule has 0 fully saturated rings. The summed E-state index contributed by atoms with van der Waals surface area (Å²) in [5, 5.41) is 15.6. The number of rotatable bonds is 4. The molecule has 0 saturated heterocycles. The van der Waals surface area contributed by atoms with Gasteiger partial charge in [-0.15, -0.1) is 0 Å². The van der Waals surface area contributed by atoms with Crippen LogP contribution in [0.2, 0.25) is 0 Å². The number of fused-ring (bicyclic) bond motifs is 1. The van der Waals surface area contributed by atoms with Gasteiger partial charge in [0.1, 0.15) is 5.82 Å². The van der Waals surface area contributed by atoms with E-state index >= 15 is 0 Å². The molecular weight excluding hydrogens is 363 g/mol. The zero-order chi connectivity index (χ0) is 20.8. The smallest absolute Gasteiger partial charge is 0.123 e. The van der Waals surface area contributed by atoms with E-state index in [1.165, 1.54) is 17.7 Å². The maximum Gasteiger partial charge on any atom is 0.123 e. The Morgan fingerprint density at radius 3 is 2.41 bits per heavy atom. The van der Waals surface area contributed by atoms with E-state index in [0.717, 1.165) is 40.1 Å². The molecule has 0 spiro atoms. The number of aryl methyl sites for hydroxylation is 2. The quantitative estimate of drug-likeness (QED) is 0.619. The maximum absolute atomic E-state index is 13.3. The van der Waals surface area contributed by atoms with Crippen LogP contribution in [0.3, 0.4) is 0 Å². The second kappa shape index (κ2) is 7.27. The van der Waals surface area contributed by atoms with Gasteiger partial charge in [-0.25, -0.2) is 9.07 Å². The number of hydrogen-bond donors (Lipinski definition) is 1. The number of nitrogens with zero attached hydrogens (tertiary/aromatic N) is 2. The molecule has 0 bridgehead atoms. The van der Waals surface area contributed by atoms with Crippen LogP contribution < -0.4 is 0 Å². The Hall–Kier alpha value is -2.72. The van der Waals surface area contributed by atoms with Crippen molar-refractivity contribution < 1.29 is 9.50 Å². The number of aliphatic hydroxyl groups is 1. The average molecular weight is 391 g/mol. The predicted molar refractivity (Wildman–Crippen MR) is 114 cm³/mol. The van der Waals surface area contributed by atoms with Gasteiger partial charge in [0, 0.05) is 0 Å². The van der Waals surface area contributed by atoms with Gasteiger partial charge in [0.25, 0.3) is 0 Å². The van der Waals surface area contributed by atoms with E-state index in [1.807, 2.05) is 16.9 Å². The van der Waals surface area contributed by atoms with Crippen LogP contribution in [0.15, 0.2) is 54.2 Å². The van der Waals surface area contributed by atoms with Crippen LogP contribution in [0, 0.1) is 25.1 Å². The van der Waals surface area contributed by atoms with Crippen LogP contribution in [0.4, 0.5) is 4.39 Å². The molecule has 1 unspecified atom stereocenters. The van der Waals surface area contributed by atoms with E-state index in [-0.39, 0.29) is 11.2 Å². The topological polar surface area (TPSA) is 38.0 Å². The summed E-state index contributed by atoms with van der Waals surface area (Å²) in [4.78, 5) is 0. The summed E-state index contributed by atoms with van der Waals surface area (Å²) in [6.45, 7) is 8.46. The molecule has 1 aromatic heterocycles. The average Bonchev–Trinajstić information content (AvgIpc) is 3.04. The van der Waals surface area contributed by atoms with E-state index in [0.29, 0.717) is 6.42 Å². The van der Waals surface area contributed by atoms with Crippen LogP contribution in [0.1, 0.15) is 54.3 Å². The first-order valence-corrected chi connectivity index (χ1v) is 10.0. The molecule has 150 valence electrons. The van der Waals surface area contributed by atoms with Crippen molar-refractivity contribution in [2.45, 2.75) is 46.6 Å². The molecule has 4 heteroatoms. The van der Waals surface area contributed by atoms with E-state index in [2.05, 4.69) is 51.0 Å². The van der Waals surface area contributed by atoms with Crippen LogP contribution in [0.25, 0.3) is 11.8 Å². The Balaban J connectivity index is 1.65. The molecule has 1 heterocycles. The second-order valence-electron chi connectivity index (χ2n) is 8.53. The molecule has 3 nitrogen and oxygen atoms in total. The van der Waals surface area contributed by atoms with Gasteiger partial charge in [-0.3, -0.25) is 0 Å². The zero-order valence-corrected chi connectivity index (χ0v) is 17.4. The molecule has 2 aromatic carbocycles. The van der Waals surface area contributed by atoms with E-state index in [1.54, 1.807) is 12.1 Å². The van der Waals surface area contributed by atoms with Gasteiger partial charge in [-0.2, -0.15) is 5.10 Å². The lowest BCUT2D eigenvalue weighted by Gasteiger charge is -2.36. The van der Waals surface area contributed by atoms with Crippen molar-refractivity contribution >= 4 is 6.08 Å². The Kier molecular flexibility index (Phi) is 4.91. The predicted octanol–water partition coefficient (Wildman–Crippen LogP) is 5.72. The lowest BCUT2D eigenvalue weighted by molar-refractivity contribution is 0.120. The summed E-state index contributed by atoms with van der Waals surface area (Å²) in [5.41, 5.74) is 7.39. The third kappa shape index (κ3) is 3.53. The number of aromatic nitrogens is 2. The number of halogens is 1. The molecule has 1 N–H and O–H groups in total. The number of benzene rings is 2. The number of hydrogen-bond acceptors (Lipinski definition) is 2. The summed E-state index contributed by atoms with van der Waals surface area (Å²) >= 11 is 0. The minimum Gasteiger partial charge on any atom is -0.388 e. The van der Waals surface area contributed by atoms with Crippen molar-refractivity contribution in [3.63, 3.8) is 0 Å². The highest BCUT2D eigenvalue weighted by atomic mass is 19.1. The standard InChI is InChI=1S/C25H27FN2O/c1-16-6-5-7-17(2)24(16)23(29)14-25(4)13-19-15-27-28(22(19)12-18(25)3)21-10-8-20(26)9-11-21/h5-12,15,23,29H,13-14H2,1-4H3/t23?,25-/m0/s1. The van der Waals surface area contributed by atoms with E-state index in [9.17, 15) is 9.50 Å². The van der Waals surface area contributed by atoms with Crippen molar-refractivity contribution in [1.82, 2.24) is 9.78 Å². The third-order valence-electron chi connectivity index (χ3n) is 6.36.